The van der Waals surface area contributed by atoms with Crippen molar-refractivity contribution in [3.8, 4) is 33.6 Å². The third-order valence-corrected chi connectivity index (χ3v) is 6.62. The van der Waals surface area contributed by atoms with Crippen molar-refractivity contribution >= 4 is 11.9 Å². The lowest BCUT2D eigenvalue weighted by Crippen LogP contribution is -2.29. The second-order valence-electron chi connectivity index (χ2n) is 9.37. The first kappa shape index (κ1) is 26.8. The molecule has 2 heterocycles. The lowest BCUT2D eigenvalue weighted by atomic mass is 9.93. The monoisotopic (exact) mass is 536 g/mol. The number of carbonyl (C=O) groups is 1. The summed E-state index contributed by atoms with van der Waals surface area (Å²) in [4.78, 5) is 17.2. The molecule has 0 saturated heterocycles. The van der Waals surface area contributed by atoms with Gasteiger partial charge in [0.05, 0.1) is 19.3 Å². The number of nitrogens with one attached hydrogen (secondary N) is 3. The Labute approximate surface area is 232 Å². The van der Waals surface area contributed by atoms with Crippen LogP contribution in [-0.2, 0) is 6.54 Å². The van der Waals surface area contributed by atoms with Crippen LogP contribution in [0.15, 0.2) is 79.0 Å². The van der Waals surface area contributed by atoms with E-state index in [0.29, 0.717) is 24.0 Å². The fourth-order valence-corrected chi connectivity index (χ4v) is 4.53. The van der Waals surface area contributed by atoms with Crippen molar-refractivity contribution in [3.63, 3.8) is 0 Å². The van der Waals surface area contributed by atoms with Gasteiger partial charge in [0, 0.05) is 18.7 Å². The summed E-state index contributed by atoms with van der Waals surface area (Å²) in [5.74, 6) is 0.893. The quantitative estimate of drug-likeness (QED) is 0.174. The van der Waals surface area contributed by atoms with Crippen LogP contribution in [0.1, 0.15) is 35.8 Å². The van der Waals surface area contributed by atoms with E-state index in [1.807, 2.05) is 28.8 Å². The summed E-state index contributed by atoms with van der Waals surface area (Å²) in [6.45, 7) is 3.41. The molecule has 10 heteroatoms. The number of carbonyl (C=O) groups excluding carboxylic acids is 1. The predicted molar refractivity (Wildman–Crippen MR) is 155 cm³/mol. The molecule has 0 aliphatic carbocycles. The van der Waals surface area contributed by atoms with Crippen molar-refractivity contribution in [2.24, 2.45) is 0 Å². The molecule has 0 spiro atoms. The highest BCUT2D eigenvalue weighted by molar-refractivity contribution is 5.93. The van der Waals surface area contributed by atoms with Gasteiger partial charge in [-0.1, -0.05) is 74.0 Å². The Bertz CT molecular complexity index is 1530. The number of hydrogen-bond donors (Lipinski definition) is 4. The molecule has 1 amide bonds. The smallest absolute Gasteiger partial charge is 0.269 e. The Morgan fingerprint density at radius 1 is 0.950 bits per heavy atom. The van der Waals surface area contributed by atoms with Gasteiger partial charge in [0.25, 0.3) is 5.91 Å². The fourth-order valence-electron chi connectivity index (χ4n) is 4.53. The Morgan fingerprint density at radius 2 is 1.75 bits per heavy atom. The molecule has 0 bridgehead atoms. The fraction of sp³-hybridized carbons (Fsp3) is 0.233. The van der Waals surface area contributed by atoms with Crippen LogP contribution in [0.5, 0.6) is 0 Å². The average molecular weight is 537 g/mol. The minimum Gasteiger partial charge on any atom is -0.395 e. The van der Waals surface area contributed by atoms with E-state index in [0.717, 1.165) is 52.8 Å². The third-order valence-electron chi connectivity index (χ3n) is 6.62. The minimum absolute atomic E-state index is 0.125. The van der Waals surface area contributed by atoms with Gasteiger partial charge in [0.2, 0.25) is 11.8 Å². The summed E-state index contributed by atoms with van der Waals surface area (Å²) < 4.78 is 1.87. The average Bonchev–Trinajstić information content (AvgIpc) is 3.68. The summed E-state index contributed by atoms with van der Waals surface area (Å²) in [6, 6.07) is 24.7. The van der Waals surface area contributed by atoms with Gasteiger partial charge in [0.1, 0.15) is 5.69 Å². The van der Waals surface area contributed by atoms with E-state index in [2.05, 4.69) is 91.7 Å². The van der Waals surface area contributed by atoms with Crippen LogP contribution < -0.4 is 10.6 Å². The van der Waals surface area contributed by atoms with Crippen molar-refractivity contribution in [1.29, 1.82) is 0 Å². The summed E-state index contributed by atoms with van der Waals surface area (Å²) in [7, 11) is 0. The molecule has 5 rings (SSSR count). The van der Waals surface area contributed by atoms with Crippen LogP contribution in [0, 0.1) is 0 Å². The zero-order valence-electron chi connectivity index (χ0n) is 22.3. The number of aromatic nitrogens is 6. The Hall–Kier alpha value is -4.83. The molecular formula is C30H32N8O2. The highest BCUT2D eigenvalue weighted by Gasteiger charge is 2.17. The molecule has 40 heavy (non-hydrogen) atoms. The van der Waals surface area contributed by atoms with Crippen LogP contribution in [0.3, 0.4) is 0 Å². The molecule has 3 aromatic carbocycles. The van der Waals surface area contributed by atoms with Crippen molar-refractivity contribution in [2.75, 3.05) is 25.0 Å². The van der Waals surface area contributed by atoms with Crippen molar-refractivity contribution in [2.45, 2.75) is 26.3 Å². The largest absolute Gasteiger partial charge is 0.395 e. The standard InChI is InChI=1S/C30H32N8O2/c1-2-3-15-32-30-33-19-27(29(40)31-16-17-39)38(30)20-21-9-11-23(12-10-21)26-18-24(22-7-5-4-6-8-22)13-14-25(26)28-34-36-37-35-28/h4-14,18-19,39H,2-3,15-17,20H2,1H3,(H,31,40)(H,32,33)(H,34,35,36,37). The van der Waals surface area contributed by atoms with Gasteiger partial charge in [-0.2, -0.15) is 5.21 Å². The first-order chi connectivity index (χ1) is 19.7. The zero-order chi connectivity index (χ0) is 27.7. The lowest BCUT2D eigenvalue weighted by molar-refractivity contribution is 0.0936. The van der Waals surface area contributed by atoms with Crippen molar-refractivity contribution in [1.82, 2.24) is 35.5 Å². The lowest BCUT2D eigenvalue weighted by Gasteiger charge is -2.14. The molecule has 0 fully saturated rings. The van der Waals surface area contributed by atoms with Crippen LogP contribution in [0.2, 0.25) is 0 Å². The molecule has 0 unspecified atom stereocenters. The van der Waals surface area contributed by atoms with E-state index in [9.17, 15) is 4.79 Å². The molecule has 5 aromatic rings. The maximum Gasteiger partial charge on any atom is 0.269 e. The normalized spacial score (nSPS) is 10.9. The molecule has 0 radical (unpaired) electrons. The first-order valence-electron chi connectivity index (χ1n) is 13.4. The molecule has 4 N–H and O–H groups in total. The number of imidazole rings is 1. The number of aliphatic hydroxyl groups excluding tert-OH is 1. The summed E-state index contributed by atoms with van der Waals surface area (Å²) >= 11 is 0. The Kier molecular flexibility index (Phi) is 8.57. The van der Waals surface area contributed by atoms with E-state index in [1.165, 1.54) is 0 Å². The van der Waals surface area contributed by atoms with Gasteiger partial charge in [-0.3, -0.25) is 4.79 Å². The summed E-state index contributed by atoms with van der Waals surface area (Å²) in [5.41, 5.74) is 6.53. The Morgan fingerprint density at radius 3 is 2.48 bits per heavy atom. The number of amides is 1. The topological polar surface area (TPSA) is 134 Å². The van der Waals surface area contributed by atoms with Crippen LogP contribution in [0.25, 0.3) is 33.6 Å². The second kappa shape index (κ2) is 12.8. The third kappa shape index (κ3) is 6.08. The van der Waals surface area contributed by atoms with Gasteiger partial charge < -0.3 is 20.3 Å². The number of hydrogen-bond acceptors (Lipinski definition) is 7. The molecule has 10 nitrogen and oxygen atoms in total. The highest BCUT2D eigenvalue weighted by atomic mass is 16.3. The van der Waals surface area contributed by atoms with Crippen LogP contribution >= 0.6 is 0 Å². The minimum atomic E-state index is -0.274. The number of rotatable bonds is 12. The maximum atomic E-state index is 12.8. The molecule has 0 atom stereocenters. The number of benzene rings is 3. The first-order valence-corrected chi connectivity index (χ1v) is 13.4. The summed E-state index contributed by atoms with van der Waals surface area (Å²) in [6.07, 6.45) is 3.62. The molecule has 0 aliphatic heterocycles. The van der Waals surface area contributed by atoms with E-state index in [-0.39, 0.29) is 19.1 Å². The molecular weight excluding hydrogens is 504 g/mol. The van der Waals surface area contributed by atoms with Gasteiger partial charge in [0.15, 0.2) is 0 Å². The second-order valence-corrected chi connectivity index (χ2v) is 9.37. The van der Waals surface area contributed by atoms with Gasteiger partial charge in [-0.05, 0) is 51.6 Å². The number of anilines is 1. The van der Waals surface area contributed by atoms with E-state index >= 15 is 0 Å². The van der Waals surface area contributed by atoms with E-state index in [4.69, 9.17) is 5.11 Å². The molecule has 0 saturated carbocycles. The van der Waals surface area contributed by atoms with E-state index < -0.39 is 0 Å². The number of aliphatic hydroxyl groups is 1. The zero-order valence-corrected chi connectivity index (χ0v) is 22.3. The number of aromatic amines is 1. The number of unbranched alkanes of at least 4 members (excludes halogenated alkanes) is 1. The van der Waals surface area contributed by atoms with E-state index in [1.54, 1.807) is 6.20 Å². The highest BCUT2D eigenvalue weighted by Crippen LogP contribution is 2.34. The van der Waals surface area contributed by atoms with Gasteiger partial charge in [-0.25, -0.2) is 4.98 Å². The summed E-state index contributed by atoms with van der Waals surface area (Å²) in [5, 5.41) is 29.9. The van der Waals surface area contributed by atoms with Crippen LogP contribution in [-0.4, -0.2) is 60.9 Å². The predicted octanol–water partition coefficient (Wildman–Crippen LogP) is 4.38. The molecule has 0 aliphatic rings. The van der Waals surface area contributed by atoms with Crippen molar-refractivity contribution < 1.29 is 9.90 Å². The van der Waals surface area contributed by atoms with Crippen molar-refractivity contribution in [3.05, 3.63) is 90.3 Å². The van der Waals surface area contributed by atoms with Gasteiger partial charge in [-0.15, -0.1) is 10.2 Å². The number of tetrazole rings is 1. The molecule has 204 valence electrons. The van der Waals surface area contributed by atoms with Crippen LogP contribution in [0.4, 0.5) is 5.95 Å². The number of H-pyrrole nitrogens is 1. The number of nitrogens with zero attached hydrogens (tertiary/aromatic N) is 5. The molecule has 2 aromatic heterocycles. The maximum absolute atomic E-state index is 12.8. The Balaban J connectivity index is 1.46. The SMILES string of the molecule is CCCCNc1ncc(C(=O)NCCO)n1Cc1ccc(-c2cc(-c3ccccc3)ccc2-c2nn[nH]n2)cc1. The van der Waals surface area contributed by atoms with Gasteiger partial charge >= 0.3 is 0 Å².